The molecule has 0 saturated carbocycles. The lowest BCUT2D eigenvalue weighted by atomic mass is 10.3. The van der Waals surface area contributed by atoms with Gasteiger partial charge in [-0.3, -0.25) is 0 Å². The van der Waals surface area contributed by atoms with Gasteiger partial charge in [-0.05, 0) is 28.1 Å². The fraction of sp³-hybridized carbons (Fsp3) is 0. The van der Waals surface area contributed by atoms with Crippen LogP contribution in [0.3, 0.4) is 0 Å². The van der Waals surface area contributed by atoms with Gasteiger partial charge in [-0.2, -0.15) is 0 Å². The number of halogens is 2. The number of nitrogens with zero attached hydrogens (tertiary/aromatic N) is 1. The summed E-state index contributed by atoms with van der Waals surface area (Å²) < 4.78 is 12.8. The van der Waals surface area contributed by atoms with Gasteiger partial charge in [0.05, 0.1) is 6.57 Å². The molecule has 0 aliphatic carbocycles. The first-order valence-corrected chi connectivity index (χ1v) is 3.36. The van der Waals surface area contributed by atoms with E-state index in [0.717, 1.165) is 0 Å². The standard InChI is InChI=1S/C7H3BrFN/c1-10-5-2-3-7(9)6(8)4-5/h2-4H. The fourth-order valence-corrected chi connectivity index (χ4v) is 0.921. The van der Waals surface area contributed by atoms with Gasteiger partial charge in [-0.25, -0.2) is 9.24 Å². The van der Waals surface area contributed by atoms with Crippen LogP contribution in [0.4, 0.5) is 10.1 Å². The number of benzene rings is 1. The zero-order valence-corrected chi connectivity index (χ0v) is 6.52. The summed E-state index contributed by atoms with van der Waals surface area (Å²) in [7, 11) is 0. The molecule has 0 aliphatic rings. The molecule has 0 bridgehead atoms. The summed E-state index contributed by atoms with van der Waals surface area (Å²) in [6.07, 6.45) is 0. The largest absolute Gasteiger partial charge is 0.238 e. The molecule has 0 heterocycles. The number of rotatable bonds is 0. The monoisotopic (exact) mass is 199 g/mol. The highest BCUT2D eigenvalue weighted by Crippen LogP contribution is 2.21. The summed E-state index contributed by atoms with van der Waals surface area (Å²) in [5.74, 6) is -0.340. The Morgan fingerprint density at radius 1 is 1.50 bits per heavy atom. The molecule has 0 aliphatic heterocycles. The van der Waals surface area contributed by atoms with Crippen LogP contribution in [0.1, 0.15) is 0 Å². The lowest BCUT2D eigenvalue weighted by molar-refractivity contribution is 0.621. The quantitative estimate of drug-likeness (QED) is 0.566. The molecule has 0 atom stereocenters. The van der Waals surface area contributed by atoms with Gasteiger partial charge >= 0.3 is 0 Å². The highest BCUT2D eigenvalue weighted by Gasteiger charge is 1.97. The molecule has 0 spiro atoms. The van der Waals surface area contributed by atoms with E-state index in [1.54, 1.807) is 0 Å². The third-order valence-electron chi connectivity index (χ3n) is 1.03. The van der Waals surface area contributed by atoms with E-state index >= 15 is 0 Å². The molecule has 1 aromatic rings. The van der Waals surface area contributed by atoms with Gasteiger partial charge < -0.3 is 0 Å². The van der Waals surface area contributed by atoms with Crippen LogP contribution in [0.2, 0.25) is 0 Å². The van der Waals surface area contributed by atoms with Crippen molar-refractivity contribution in [3.05, 3.63) is 39.9 Å². The van der Waals surface area contributed by atoms with Gasteiger partial charge in [0.1, 0.15) is 5.82 Å². The van der Waals surface area contributed by atoms with Crippen molar-refractivity contribution in [1.82, 2.24) is 0 Å². The van der Waals surface area contributed by atoms with Gasteiger partial charge in [0.2, 0.25) is 0 Å². The molecule has 0 saturated heterocycles. The summed E-state index contributed by atoms with van der Waals surface area (Å²) in [5.41, 5.74) is 0.438. The normalized spacial score (nSPS) is 8.90. The van der Waals surface area contributed by atoms with Crippen molar-refractivity contribution >= 4 is 21.6 Å². The Morgan fingerprint density at radius 3 is 2.70 bits per heavy atom. The third-order valence-corrected chi connectivity index (χ3v) is 1.64. The highest BCUT2D eigenvalue weighted by molar-refractivity contribution is 9.10. The fourth-order valence-electron chi connectivity index (χ4n) is 0.555. The zero-order chi connectivity index (χ0) is 7.56. The Balaban J connectivity index is 3.20. The topological polar surface area (TPSA) is 4.36 Å². The van der Waals surface area contributed by atoms with E-state index in [2.05, 4.69) is 20.8 Å². The molecule has 0 fully saturated rings. The molecule has 0 unspecified atom stereocenters. The first kappa shape index (κ1) is 7.23. The average molecular weight is 200 g/mol. The van der Waals surface area contributed by atoms with Gasteiger partial charge in [-0.15, -0.1) is 0 Å². The minimum Gasteiger partial charge on any atom is -0.238 e. The molecule has 0 N–H and O–H groups in total. The van der Waals surface area contributed by atoms with Crippen molar-refractivity contribution < 1.29 is 4.39 Å². The molecular weight excluding hydrogens is 197 g/mol. The summed E-state index contributed by atoms with van der Waals surface area (Å²) >= 11 is 2.97. The van der Waals surface area contributed by atoms with Crippen LogP contribution in [-0.4, -0.2) is 0 Å². The first-order chi connectivity index (χ1) is 4.74. The Bertz CT molecular complexity index is 290. The van der Waals surface area contributed by atoms with Crippen molar-refractivity contribution in [3.8, 4) is 0 Å². The Kier molecular flexibility index (Phi) is 2.03. The van der Waals surface area contributed by atoms with Crippen molar-refractivity contribution in [2.45, 2.75) is 0 Å². The second-order valence-electron chi connectivity index (χ2n) is 1.71. The van der Waals surface area contributed by atoms with Crippen LogP contribution in [0.25, 0.3) is 4.85 Å². The minimum atomic E-state index is -0.340. The van der Waals surface area contributed by atoms with Crippen molar-refractivity contribution in [3.63, 3.8) is 0 Å². The number of hydrogen-bond acceptors (Lipinski definition) is 0. The van der Waals surface area contributed by atoms with Gasteiger partial charge in [0.15, 0.2) is 5.69 Å². The van der Waals surface area contributed by atoms with Gasteiger partial charge in [0, 0.05) is 4.47 Å². The summed E-state index contributed by atoms with van der Waals surface area (Å²) in [6, 6.07) is 4.15. The first-order valence-electron chi connectivity index (χ1n) is 2.56. The van der Waals surface area contributed by atoms with E-state index in [9.17, 15) is 4.39 Å². The maximum atomic E-state index is 12.5. The van der Waals surface area contributed by atoms with Crippen molar-refractivity contribution in [2.24, 2.45) is 0 Å². The molecule has 0 aromatic heterocycles. The predicted octanol–water partition coefficient (Wildman–Crippen LogP) is 3.14. The number of hydrogen-bond donors (Lipinski definition) is 0. The summed E-state index contributed by atoms with van der Waals surface area (Å²) in [4.78, 5) is 3.13. The van der Waals surface area contributed by atoms with Crippen LogP contribution in [0.5, 0.6) is 0 Å². The van der Waals surface area contributed by atoms with Crippen LogP contribution in [0, 0.1) is 12.4 Å². The summed E-state index contributed by atoms with van der Waals surface area (Å²) in [6.45, 7) is 6.59. The summed E-state index contributed by atoms with van der Waals surface area (Å²) in [5, 5.41) is 0. The van der Waals surface area contributed by atoms with Gasteiger partial charge in [0.25, 0.3) is 0 Å². The van der Waals surface area contributed by atoms with Crippen molar-refractivity contribution in [2.75, 3.05) is 0 Å². The lowest BCUT2D eigenvalue weighted by Gasteiger charge is -1.92. The second-order valence-corrected chi connectivity index (χ2v) is 2.56. The second kappa shape index (κ2) is 2.80. The average Bonchev–Trinajstić information content (AvgIpc) is 1.95. The Morgan fingerprint density at radius 2 is 2.20 bits per heavy atom. The van der Waals surface area contributed by atoms with E-state index in [4.69, 9.17) is 6.57 Å². The molecular formula is C7H3BrFN. The Labute approximate surface area is 66.4 Å². The SMILES string of the molecule is [C-]#[N+]c1ccc(F)c(Br)c1. The molecule has 1 aromatic carbocycles. The van der Waals surface area contributed by atoms with E-state index in [-0.39, 0.29) is 5.82 Å². The minimum absolute atomic E-state index is 0.334. The highest BCUT2D eigenvalue weighted by atomic mass is 79.9. The zero-order valence-electron chi connectivity index (χ0n) is 4.94. The molecule has 1 rings (SSSR count). The van der Waals surface area contributed by atoms with Crippen LogP contribution in [0.15, 0.2) is 22.7 Å². The van der Waals surface area contributed by atoms with Crippen LogP contribution in [-0.2, 0) is 0 Å². The van der Waals surface area contributed by atoms with E-state index in [0.29, 0.717) is 10.2 Å². The van der Waals surface area contributed by atoms with E-state index < -0.39 is 0 Å². The molecule has 0 amide bonds. The van der Waals surface area contributed by atoms with E-state index in [1.165, 1.54) is 18.2 Å². The van der Waals surface area contributed by atoms with Crippen LogP contribution < -0.4 is 0 Å². The molecule has 50 valence electrons. The maximum absolute atomic E-state index is 12.5. The van der Waals surface area contributed by atoms with E-state index in [1.807, 2.05) is 0 Å². The van der Waals surface area contributed by atoms with Crippen LogP contribution >= 0.6 is 15.9 Å². The third kappa shape index (κ3) is 1.34. The molecule has 0 radical (unpaired) electrons. The predicted molar refractivity (Wildman–Crippen MR) is 40.4 cm³/mol. The smallest absolute Gasteiger partial charge is 0.188 e. The Hall–Kier alpha value is -0.880. The molecule has 1 nitrogen and oxygen atoms in total. The molecule has 10 heavy (non-hydrogen) atoms. The lowest BCUT2D eigenvalue weighted by Crippen LogP contribution is -1.72. The maximum Gasteiger partial charge on any atom is 0.188 e. The van der Waals surface area contributed by atoms with Crippen molar-refractivity contribution in [1.29, 1.82) is 0 Å². The molecule has 3 heteroatoms. The van der Waals surface area contributed by atoms with Gasteiger partial charge in [-0.1, -0.05) is 6.07 Å².